The highest BCUT2D eigenvalue weighted by molar-refractivity contribution is 7.07. The molecule has 0 saturated carbocycles. The van der Waals surface area contributed by atoms with Crippen LogP contribution in [0.25, 0.3) is 0 Å². The minimum atomic E-state index is -0.917. The molecule has 22 heavy (non-hydrogen) atoms. The Labute approximate surface area is 128 Å². The zero-order valence-corrected chi connectivity index (χ0v) is 12.2. The molecule has 0 atom stereocenters. The number of benzene rings is 1. The Kier molecular flexibility index (Phi) is 5.10. The van der Waals surface area contributed by atoms with Crippen molar-refractivity contribution in [2.45, 2.75) is 13.3 Å². The second-order valence-electron chi connectivity index (χ2n) is 4.15. The van der Waals surface area contributed by atoms with Crippen molar-refractivity contribution in [1.82, 2.24) is 9.59 Å². The van der Waals surface area contributed by atoms with E-state index < -0.39 is 30.1 Å². The van der Waals surface area contributed by atoms with E-state index in [1.165, 1.54) is 0 Å². The summed E-state index contributed by atoms with van der Waals surface area (Å²) >= 11 is 0.873. The molecule has 116 valence electrons. The molecule has 0 bridgehead atoms. The van der Waals surface area contributed by atoms with Gasteiger partial charge in [0.05, 0.1) is 11.4 Å². The number of amides is 1. The van der Waals surface area contributed by atoms with Crippen LogP contribution in [0.2, 0.25) is 0 Å². The summed E-state index contributed by atoms with van der Waals surface area (Å²) in [6, 6.07) is 2.71. The predicted octanol–water partition coefficient (Wildman–Crippen LogP) is 2.17. The number of anilines is 1. The fraction of sp³-hybridized carbons (Fsp3) is 0.231. The molecule has 0 saturated heterocycles. The Bertz CT molecular complexity index is 706. The molecule has 0 aliphatic carbocycles. The average Bonchev–Trinajstić information content (AvgIpc) is 2.96. The van der Waals surface area contributed by atoms with Gasteiger partial charge in [0.15, 0.2) is 11.5 Å². The lowest BCUT2D eigenvalue weighted by Crippen LogP contribution is -2.21. The monoisotopic (exact) mass is 327 g/mol. The van der Waals surface area contributed by atoms with E-state index in [-0.39, 0.29) is 10.6 Å². The summed E-state index contributed by atoms with van der Waals surface area (Å²) in [7, 11) is 0. The van der Waals surface area contributed by atoms with Gasteiger partial charge in [-0.2, -0.15) is 0 Å². The number of hydrogen-bond donors (Lipinski definition) is 1. The van der Waals surface area contributed by atoms with Gasteiger partial charge >= 0.3 is 5.97 Å². The van der Waals surface area contributed by atoms with Crippen molar-refractivity contribution in [3.63, 3.8) is 0 Å². The first-order chi connectivity index (χ1) is 10.5. The Morgan fingerprint density at radius 2 is 2.14 bits per heavy atom. The van der Waals surface area contributed by atoms with Crippen LogP contribution in [0, 0.1) is 11.6 Å². The number of ether oxygens (including phenoxy) is 1. The van der Waals surface area contributed by atoms with Gasteiger partial charge in [0, 0.05) is 6.07 Å². The molecule has 6 nitrogen and oxygen atoms in total. The number of carbonyl (C=O) groups excluding carboxylic acids is 2. The van der Waals surface area contributed by atoms with Crippen LogP contribution < -0.4 is 5.32 Å². The maximum absolute atomic E-state index is 13.4. The van der Waals surface area contributed by atoms with Crippen molar-refractivity contribution in [3.05, 3.63) is 40.4 Å². The van der Waals surface area contributed by atoms with Crippen molar-refractivity contribution in [2.24, 2.45) is 0 Å². The first kappa shape index (κ1) is 16.0. The number of carbonyl (C=O) groups is 2. The van der Waals surface area contributed by atoms with Gasteiger partial charge in [-0.25, -0.2) is 13.6 Å². The quantitative estimate of drug-likeness (QED) is 0.851. The first-order valence-corrected chi connectivity index (χ1v) is 7.01. The Morgan fingerprint density at radius 3 is 2.82 bits per heavy atom. The summed E-state index contributed by atoms with van der Waals surface area (Å²) in [6.45, 7) is 1.20. The maximum atomic E-state index is 13.4. The average molecular weight is 327 g/mol. The van der Waals surface area contributed by atoms with Crippen molar-refractivity contribution in [3.8, 4) is 0 Å². The van der Waals surface area contributed by atoms with E-state index in [1.54, 1.807) is 6.92 Å². The summed E-state index contributed by atoms with van der Waals surface area (Å²) in [4.78, 5) is 23.6. The standard InChI is InChI=1S/C13H11F2N3O3S/c1-2-9-12(22-18-17-9)13(20)21-6-11(19)16-10-4-3-7(14)5-8(10)15/h3-5H,2,6H2,1H3,(H,16,19). The number of aryl methyl sites for hydroxylation is 1. The number of nitrogens with zero attached hydrogens (tertiary/aromatic N) is 2. The van der Waals surface area contributed by atoms with Crippen LogP contribution in [0.1, 0.15) is 22.3 Å². The molecule has 1 aromatic carbocycles. The maximum Gasteiger partial charge on any atom is 0.352 e. The lowest BCUT2D eigenvalue weighted by atomic mass is 10.3. The molecule has 2 aromatic rings. The normalized spacial score (nSPS) is 10.3. The van der Waals surface area contributed by atoms with Crippen LogP contribution in [0.5, 0.6) is 0 Å². The number of rotatable bonds is 5. The molecule has 2 rings (SSSR count). The molecule has 1 amide bonds. The van der Waals surface area contributed by atoms with Gasteiger partial charge in [0.2, 0.25) is 0 Å². The van der Waals surface area contributed by atoms with E-state index in [0.29, 0.717) is 18.2 Å². The Balaban J connectivity index is 1.91. The fourth-order valence-corrected chi connectivity index (χ4v) is 2.21. The fourth-order valence-electron chi connectivity index (χ4n) is 1.57. The van der Waals surface area contributed by atoms with Crippen LogP contribution in [-0.4, -0.2) is 28.1 Å². The third-order valence-electron chi connectivity index (χ3n) is 2.62. The molecule has 1 heterocycles. The van der Waals surface area contributed by atoms with Gasteiger partial charge in [-0.15, -0.1) is 5.10 Å². The van der Waals surface area contributed by atoms with Crippen molar-refractivity contribution in [1.29, 1.82) is 0 Å². The second kappa shape index (κ2) is 7.03. The molecular formula is C13H11F2N3O3S. The highest BCUT2D eigenvalue weighted by Gasteiger charge is 2.18. The Hall–Kier alpha value is -2.42. The molecule has 0 aliphatic heterocycles. The Morgan fingerprint density at radius 1 is 1.36 bits per heavy atom. The molecular weight excluding hydrogens is 316 g/mol. The number of aromatic nitrogens is 2. The molecule has 0 fully saturated rings. The minimum Gasteiger partial charge on any atom is -0.451 e. The molecule has 0 radical (unpaired) electrons. The number of esters is 1. The van der Waals surface area contributed by atoms with Gasteiger partial charge in [-0.1, -0.05) is 11.4 Å². The topological polar surface area (TPSA) is 81.2 Å². The molecule has 1 N–H and O–H groups in total. The third kappa shape index (κ3) is 3.82. The van der Waals surface area contributed by atoms with Crippen LogP contribution >= 0.6 is 11.5 Å². The van der Waals surface area contributed by atoms with E-state index >= 15 is 0 Å². The minimum absolute atomic E-state index is 0.198. The summed E-state index contributed by atoms with van der Waals surface area (Å²) in [6.07, 6.45) is 0.508. The van der Waals surface area contributed by atoms with Crippen molar-refractivity contribution < 1.29 is 23.1 Å². The van der Waals surface area contributed by atoms with Gasteiger partial charge in [-0.05, 0) is 30.1 Å². The smallest absolute Gasteiger partial charge is 0.352 e. The SMILES string of the molecule is CCc1nnsc1C(=O)OCC(=O)Nc1ccc(F)cc1F. The molecule has 1 aromatic heterocycles. The van der Waals surface area contributed by atoms with Crippen molar-refractivity contribution >= 4 is 29.1 Å². The van der Waals surface area contributed by atoms with E-state index in [9.17, 15) is 18.4 Å². The van der Waals surface area contributed by atoms with Gasteiger partial charge in [0.25, 0.3) is 5.91 Å². The van der Waals surface area contributed by atoms with Gasteiger partial charge in [-0.3, -0.25) is 4.79 Å². The predicted molar refractivity (Wildman–Crippen MR) is 74.6 cm³/mol. The largest absolute Gasteiger partial charge is 0.451 e. The van der Waals surface area contributed by atoms with Gasteiger partial charge in [0.1, 0.15) is 11.6 Å². The van der Waals surface area contributed by atoms with E-state index in [4.69, 9.17) is 4.74 Å². The number of halogens is 2. The van der Waals surface area contributed by atoms with E-state index in [0.717, 1.165) is 23.7 Å². The summed E-state index contributed by atoms with van der Waals surface area (Å²) in [5.74, 6) is -3.14. The lowest BCUT2D eigenvalue weighted by molar-refractivity contribution is -0.119. The molecule has 0 unspecified atom stereocenters. The lowest BCUT2D eigenvalue weighted by Gasteiger charge is -2.07. The first-order valence-electron chi connectivity index (χ1n) is 6.24. The van der Waals surface area contributed by atoms with E-state index in [2.05, 4.69) is 14.9 Å². The van der Waals surface area contributed by atoms with E-state index in [1.807, 2.05) is 0 Å². The van der Waals surface area contributed by atoms with Gasteiger partial charge < -0.3 is 10.1 Å². The number of nitrogens with one attached hydrogen (secondary N) is 1. The molecule has 0 spiro atoms. The van der Waals surface area contributed by atoms with Crippen LogP contribution in [-0.2, 0) is 16.0 Å². The highest BCUT2D eigenvalue weighted by Crippen LogP contribution is 2.15. The van der Waals surface area contributed by atoms with Crippen LogP contribution in [0.15, 0.2) is 18.2 Å². The van der Waals surface area contributed by atoms with Crippen molar-refractivity contribution in [2.75, 3.05) is 11.9 Å². The second-order valence-corrected chi connectivity index (χ2v) is 4.90. The van der Waals surface area contributed by atoms with Crippen LogP contribution in [0.4, 0.5) is 14.5 Å². The van der Waals surface area contributed by atoms with Crippen LogP contribution in [0.3, 0.4) is 0 Å². The molecule has 9 heteroatoms. The third-order valence-corrected chi connectivity index (χ3v) is 3.36. The summed E-state index contributed by atoms with van der Waals surface area (Å²) in [5, 5.41) is 5.93. The molecule has 0 aliphatic rings. The number of hydrogen-bond acceptors (Lipinski definition) is 6. The zero-order valence-electron chi connectivity index (χ0n) is 11.4. The summed E-state index contributed by atoms with van der Waals surface area (Å²) in [5.41, 5.74) is 0.288. The zero-order chi connectivity index (χ0) is 16.1. The summed E-state index contributed by atoms with van der Waals surface area (Å²) < 4.78 is 34.5. The highest BCUT2D eigenvalue weighted by atomic mass is 32.1.